The first-order chi connectivity index (χ1) is 17.7. The molecule has 0 spiro atoms. The van der Waals surface area contributed by atoms with Crippen molar-refractivity contribution in [1.29, 1.82) is 0 Å². The number of halogens is 5. The van der Waals surface area contributed by atoms with Crippen LogP contribution >= 0.6 is 0 Å². The zero-order valence-corrected chi connectivity index (χ0v) is 23.0. The molecule has 206 valence electrons. The summed E-state index contributed by atoms with van der Waals surface area (Å²) < 4.78 is 67.9. The fourth-order valence-corrected chi connectivity index (χ4v) is 5.01. The standard InChI is InChI=1S/C32H38F5N/c1-20(2)7-12-31(26-15-28(33)19-29(34)16-26)38(6)30-17-24(22(5)13-21(3)4)14-25(18-30)23-8-10-27(11-9-23)32(35,36)37/h8-11,14-22,31H,7,12-13H2,1-6H3. The average Bonchev–Trinajstić information content (AvgIpc) is 2.82. The van der Waals surface area contributed by atoms with Crippen LogP contribution in [0.3, 0.4) is 0 Å². The molecular formula is C32H38F5N. The molecule has 6 heteroatoms. The van der Waals surface area contributed by atoms with Crippen LogP contribution in [0.1, 0.15) is 82.5 Å². The van der Waals surface area contributed by atoms with Gasteiger partial charge >= 0.3 is 6.18 Å². The summed E-state index contributed by atoms with van der Waals surface area (Å²) in [6.45, 7) is 10.7. The van der Waals surface area contributed by atoms with Crippen LogP contribution in [0.5, 0.6) is 0 Å². The minimum absolute atomic E-state index is 0.220. The highest BCUT2D eigenvalue weighted by molar-refractivity contribution is 5.71. The molecule has 0 saturated heterocycles. The number of hydrogen-bond acceptors (Lipinski definition) is 1. The maximum absolute atomic E-state index is 14.2. The van der Waals surface area contributed by atoms with E-state index in [1.165, 1.54) is 24.3 Å². The molecule has 0 radical (unpaired) electrons. The summed E-state index contributed by atoms with van der Waals surface area (Å²) in [5, 5.41) is 0. The van der Waals surface area contributed by atoms with Gasteiger partial charge in [0.2, 0.25) is 0 Å². The first kappa shape index (κ1) is 29.7. The molecule has 3 rings (SSSR count). The Hall–Kier alpha value is -2.89. The Balaban J connectivity index is 2.11. The van der Waals surface area contributed by atoms with Gasteiger partial charge in [0.05, 0.1) is 11.6 Å². The van der Waals surface area contributed by atoms with Crippen LogP contribution in [0.4, 0.5) is 27.6 Å². The Morgan fingerprint density at radius 2 is 1.29 bits per heavy atom. The van der Waals surface area contributed by atoms with Crippen molar-refractivity contribution in [3.8, 4) is 11.1 Å². The number of benzene rings is 3. The van der Waals surface area contributed by atoms with Crippen molar-refractivity contribution >= 4 is 5.69 Å². The molecule has 0 amide bonds. The maximum Gasteiger partial charge on any atom is 0.416 e. The van der Waals surface area contributed by atoms with E-state index in [9.17, 15) is 22.0 Å². The van der Waals surface area contributed by atoms with Gasteiger partial charge in [-0.05, 0) is 95.7 Å². The summed E-state index contributed by atoms with van der Waals surface area (Å²) in [6.07, 6.45) is -1.90. The summed E-state index contributed by atoms with van der Waals surface area (Å²) in [4.78, 5) is 2.04. The van der Waals surface area contributed by atoms with Crippen molar-refractivity contribution in [2.75, 3.05) is 11.9 Å². The van der Waals surface area contributed by atoms with Crippen LogP contribution in [0, 0.1) is 23.5 Å². The molecule has 2 unspecified atom stereocenters. The van der Waals surface area contributed by atoms with E-state index in [0.29, 0.717) is 29.4 Å². The molecule has 0 aliphatic heterocycles. The highest BCUT2D eigenvalue weighted by Gasteiger charge is 2.30. The number of anilines is 1. The Morgan fingerprint density at radius 3 is 1.82 bits per heavy atom. The topological polar surface area (TPSA) is 3.24 Å². The van der Waals surface area contributed by atoms with Crippen LogP contribution < -0.4 is 4.90 Å². The van der Waals surface area contributed by atoms with Gasteiger partial charge in [-0.2, -0.15) is 13.2 Å². The molecule has 0 bridgehead atoms. The van der Waals surface area contributed by atoms with Crippen molar-refractivity contribution in [2.45, 2.75) is 72.0 Å². The Bertz CT molecular complexity index is 1180. The molecule has 38 heavy (non-hydrogen) atoms. The van der Waals surface area contributed by atoms with Crippen LogP contribution in [0.25, 0.3) is 11.1 Å². The van der Waals surface area contributed by atoms with Crippen LogP contribution in [-0.2, 0) is 6.18 Å². The predicted octanol–water partition coefficient (Wildman–Crippen LogP) is 10.4. The highest BCUT2D eigenvalue weighted by Crippen LogP contribution is 2.38. The summed E-state index contributed by atoms with van der Waals surface area (Å²) in [7, 11) is 1.91. The first-order valence-electron chi connectivity index (χ1n) is 13.3. The minimum Gasteiger partial charge on any atom is -0.368 e. The van der Waals surface area contributed by atoms with E-state index in [2.05, 4.69) is 40.7 Å². The highest BCUT2D eigenvalue weighted by atomic mass is 19.4. The van der Waals surface area contributed by atoms with Crippen molar-refractivity contribution in [2.24, 2.45) is 11.8 Å². The minimum atomic E-state index is -4.40. The third kappa shape index (κ3) is 7.81. The third-order valence-corrected chi connectivity index (χ3v) is 7.04. The van der Waals surface area contributed by atoms with Gasteiger partial charge in [0, 0.05) is 18.8 Å². The second-order valence-electron chi connectivity index (χ2n) is 11.2. The quantitative estimate of drug-likeness (QED) is 0.235. The van der Waals surface area contributed by atoms with Crippen LogP contribution in [-0.4, -0.2) is 7.05 Å². The van der Waals surface area contributed by atoms with Crippen molar-refractivity contribution in [3.05, 3.63) is 89.0 Å². The van der Waals surface area contributed by atoms with Crippen LogP contribution in [0.15, 0.2) is 60.7 Å². The average molecular weight is 532 g/mol. The van der Waals surface area contributed by atoms with E-state index >= 15 is 0 Å². The molecule has 1 nitrogen and oxygen atoms in total. The van der Waals surface area contributed by atoms with Gasteiger partial charge in [0.15, 0.2) is 0 Å². The number of nitrogens with zero attached hydrogens (tertiary/aromatic N) is 1. The molecule has 0 saturated carbocycles. The molecule has 0 aromatic heterocycles. The molecule has 2 atom stereocenters. The molecule has 3 aromatic rings. The molecular weight excluding hydrogens is 493 g/mol. The van der Waals surface area contributed by atoms with Crippen molar-refractivity contribution in [3.63, 3.8) is 0 Å². The zero-order valence-electron chi connectivity index (χ0n) is 23.0. The van der Waals surface area contributed by atoms with Crippen LogP contribution in [0.2, 0.25) is 0 Å². The van der Waals surface area contributed by atoms with Gasteiger partial charge in [-0.15, -0.1) is 0 Å². The Kier molecular flexibility index (Phi) is 9.61. The summed E-state index contributed by atoms with van der Waals surface area (Å²) in [5.74, 6) is -0.142. The second kappa shape index (κ2) is 12.3. The van der Waals surface area contributed by atoms with Gasteiger partial charge in [-0.3, -0.25) is 0 Å². The van der Waals surface area contributed by atoms with E-state index in [-0.39, 0.29) is 12.0 Å². The van der Waals surface area contributed by atoms with Gasteiger partial charge in [-0.25, -0.2) is 8.78 Å². The van der Waals surface area contributed by atoms with E-state index in [1.54, 1.807) is 0 Å². The lowest BCUT2D eigenvalue weighted by Crippen LogP contribution is -2.25. The Labute approximate surface area is 223 Å². The smallest absolute Gasteiger partial charge is 0.368 e. The fourth-order valence-electron chi connectivity index (χ4n) is 5.01. The monoisotopic (exact) mass is 531 g/mol. The zero-order chi connectivity index (χ0) is 28.2. The maximum atomic E-state index is 14.2. The predicted molar refractivity (Wildman–Crippen MR) is 146 cm³/mol. The molecule has 3 aromatic carbocycles. The molecule has 0 aliphatic carbocycles. The summed E-state index contributed by atoms with van der Waals surface area (Å²) >= 11 is 0. The van der Waals surface area contributed by atoms with Gasteiger partial charge in [0.25, 0.3) is 0 Å². The molecule has 0 aliphatic rings. The summed E-state index contributed by atoms with van der Waals surface area (Å²) in [6, 6.07) is 14.6. The van der Waals surface area contributed by atoms with Crippen molar-refractivity contribution in [1.82, 2.24) is 0 Å². The number of alkyl halides is 3. The second-order valence-corrected chi connectivity index (χ2v) is 11.2. The summed E-state index contributed by atoms with van der Waals surface area (Å²) in [5.41, 5.74) is 3.29. The fraction of sp³-hybridized carbons (Fsp3) is 0.438. The lowest BCUT2D eigenvalue weighted by molar-refractivity contribution is -0.137. The first-order valence-corrected chi connectivity index (χ1v) is 13.3. The molecule has 0 fully saturated rings. The van der Waals surface area contributed by atoms with E-state index in [4.69, 9.17) is 0 Å². The van der Waals surface area contributed by atoms with E-state index in [1.807, 2.05) is 24.1 Å². The largest absolute Gasteiger partial charge is 0.416 e. The van der Waals surface area contributed by atoms with Gasteiger partial charge in [-0.1, -0.05) is 52.8 Å². The lowest BCUT2D eigenvalue weighted by atomic mass is 9.89. The lowest BCUT2D eigenvalue weighted by Gasteiger charge is -2.32. The van der Waals surface area contributed by atoms with Gasteiger partial charge in [0.1, 0.15) is 11.6 Å². The number of rotatable bonds is 10. The van der Waals surface area contributed by atoms with Gasteiger partial charge < -0.3 is 4.90 Å². The normalized spacial score (nSPS) is 13.7. The Morgan fingerprint density at radius 1 is 0.684 bits per heavy atom. The van der Waals surface area contributed by atoms with E-state index < -0.39 is 23.4 Å². The third-order valence-electron chi connectivity index (χ3n) is 7.04. The van der Waals surface area contributed by atoms with E-state index in [0.717, 1.165) is 47.9 Å². The molecule has 0 N–H and O–H groups in total. The molecule has 0 heterocycles. The number of hydrogen-bond donors (Lipinski definition) is 0. The SMILES string of the molecule is CC(C)CCC(c1cc(F)cc(F)c1)N(C)c1cc(-c2ccc(C(F)(F)F)cc2)cc(C(C)CC(C)C)c1. The van der Waals surface area contributed by atoms with Crippen molar-refractivity contribution < 1.29 is 22.0 Å².